The van der Waals surface area contributed by atoms with Gasteiger partial charge in [-0.1, -0.05) is 6.92 Å². The van der Waals surface area contributed by atoms with Crippen molar-refractivity contribution in [2.24, 2.45) is 5.92 Å². The zero-order valence-electron chi connectivity index (χ0n) is 24.3. The first-order valence-electron chi connectivity index (χ1n) is 14.9. The predicted octanol–water partition coefficient (Wildman–Crippen LogP) is 6.31. The van der Waals surface area contributed by atoms with Crippen molar-refractivity contribution in [1.29, 1.82) is 0 Å². The van der Waals surface area contributed by atoms with Gasteiger partial charge >= 0.3 is 6.09 Å². The molecular weight excluding hydrogens is 500 g/mol. The molecule has 1 saturated heterocycles. The van der Waals surface area contributed by atoms with Crippen LogP contribution in [0.2, 0.25) is 0 Å². The Kier molecular flexibility index (Phi) is 7.27. The largest absolute Gasteiger partial charge is 0.444 e. The zero-order chi connectivity index (χ0) is 27.9. The molecule has 1 aliphatic heterocycles. The lowest BCUT2D eigenvalue weighted by Crippen LogP contribution is -2.52. The van der Waals surface area contributed by atoms with Gasteiger partial charge in [0.25, 0.3) is 0 Å². The highest BCUT2D eigenvalue weighted by atomic mass is 16.6. The van der Waals surface area contributed by atoms with E-state index in [4.69, 9.17) is 9.72 Å². The smallest absolute Gasteiger partial charge is 0.410 e. The number of pyridine rings is 2. The number of ether oxygens (including phenoxy) is 1. The van der Waals surface area contributed by atoms with E-state index < -0.39 is 5.60 Å². The number of aromatic nitrogens is 4. The maximum atomic E-state index is 13.1. The topological polar surface area (TPSA) is 76.4 Å². The van der Waals surface area contributed by atoms with Gasteiger partial charge in [0.05, 0.1) is 36.0 Å². The molecule has 4 heterocycles. The van der Waals surface area contributed by atoms with Crippen molar-refractivity contribution in [2.45, 2.75) is 89.7 Å². The SMILES string of the molecule is CC(c1cnn(-c2cncc(C3CC3)c2)c1)c1ccc(N2CCC[C@@H](N(CC3CC3)C(=O)OC(C)(C)C)C2)cn1. The van der Waals surface area contributed by atoms with E-state index in [-0.39, 0.29) is 18.1 Å². The summed E-state index contributed by atoms with van der Waals surface area (Å²) in [7, 11) is 0. The number of anilines is 1. The van der Waals surface area contributed by atoms with Crippen LogP contribution in [0.15, 0.2) is 49.2 Å². The molecule has 0 aromatic carbocycles. The summed E-state index contributed by atoms with van der Waals surface area (Å²) in [5, 5.41) is 4.63. The van der Waals surface area contributed by atoms with Gasteiger partial charge in [0.2, 0.25) is 0 Å². The second-order valence-corrected chi connectivity index (χ2v) is 13.0. The Hall–Kier alpha value is -3.42. The molecule has 3 aromatic heterocycles. The average Bonchev–Trinajstić information content (AvgIpc) is 3.89. The van der Waals surface area contributed by atoms with E-state index in [1.54, 1.807) is 0 Å². The molecule has 8 heteroatoms. The van der Waals surface area contributed by atoms with Crippen LogP contribution in [-0.4, -0.2) is 62.0 Å². The first-order valence-corrected chi connectivity index (χ1v) is 14.9. The highest BCUT2D eigenvalue weighted by molar-refractivity contribution is 5.69. The third-order valence-corrected chi connectivity index (χ3v) is 8.36. The van der Waals surface area contributed by atoms with Crippen molar-refractivity contribution in [2.75, 3.05) is 24.5 Å². The molecule has 3 fully saturated rings. The van der Waals surface area contributed by atoms with Crippen molar-refractivity contribution in [3.63, 3.8) is 0 Å². The summed E-state index contributed by atoms with van der Waals surface area (Å²) >= 11 is 0. The summed E-state index contributed by atoms with van der Waals surface area (Å²) < 4.78 is 7.72. The van der Waals surface area contributed by atoms with Gasteiger partial charge in [-0.15, -0.1) is 0 Å². The molecule has 0 bridgehead atoms. The standard InChI is InChI=1S/C32H42N6O2/c1-22(26-16-35-38(20-26)29-14-25(15-33-17-29)24-9-10-24)30-12-11-27(18-34-30)36-13-5-6-28(21-36)37(19-23-7-8-23)31(39)40-32(2,3)4/h11-12,14-18,20,22-24,28H,5-10,13,19,21H2,1-4H3/t22?,28-/m1/s1. The van der Waals surface area contributed by atoms with Gasteiger partial charge < -0.3 is 14.5 Å². The molecule has 1 unspecified atom stereocenters. The van der Waals surface area contributed by atoms with Gasteiger partial charge in [-0.2, -0.15) is 5.10 Å². The van der Waals surface area contributed by atoms with Crippen LogP contribution >= 0.6 is 0 Å². The molecule has 8 nitrogen and oxygen atoms in total. The number of carbonyl (C=O) groups is 1. The molecule has 0 radical (unpaired) electrons. The maximum Gasteiger partial charge on any atom is 0.410 e. The Morgan fingerprint density at radius 2 is 1.90 bits per heavy atom. The summed E-state index contributed by atoms with van der Waals surface area (Å²) in [6.07, 6.45) is 16.7. The molecule has 3 aromatic rings. The molecule has 2 aliphatic carbocycles. The third-order valence-electron chi connectivity index (χ3n) is 8.36. The van der Waals surface area contributed by atoms with Crippen LogP contribution in [0.5, 0.6) is 0 Å². The van der Waals surface area contributed by atoms with Crippen LogP contribution in [0.1, 0.15) is 94.9 Å². The minimum atomic E-state index is -0.488. The van der Waals surface area contributed by atoms with Crippen molar-refractivity contribution < 1.29 is 9.53 Å². The van der Waals surface area contributed by atoms with Gasteiger partial charge in [-0.05, 0) is 100 Å². The third kappa shape index (κ3) is 6.31. The highest BCUT2D eigenvalue weighted by Gasteiger charge is 2.36. The fourth-order valence-corrected chi connectivity index (χ4v) is 5.64. The van der Waals surface area contributed by atoms with E-state index in [0.717, 1.165) is 55.1 Å². The lowest BCUT2D eigenvalue weighted by atomic mass is 10.00. The van der Waals surface area contributed by atoms with Crippen LogP contribution in [0.25, 0.3) is 5.69 Å². The monoisotopic (exact) mass is 542 g/mol. The molecule has 212 valence electrons. The molecular formula is C32H42N6O2. The second kappa shape index (κ2) is 10.9. The van der Waals surface area contributed by atoms with E-state index in [1.165, 1.54) is 31.2 Å². The lowest BCUT2D eigenvalue weighted by Gasteiger charge is -2.40. The molecule has 6 rings (SSSR count). The number of carbonyl (C=O) groups excluding carboxylic acids is 1. The predicted molar refractivity (Wildman–Crippen MR) is 156 cm³/mol. The normalized spacial score (nSPS) is 20.3. The second-order valence-electron chi connectivity index (χ2n) is 13.0. The fraction of sp³-hybridized carbons (Fsp3) is 0.562. The number of amides is 1. The summed E-state index contributed by atoms with van der Waals surface area (Å²) in [6, 6.07) is 6.67. The molecule has 0 spiro atoms. The Morgan fingerprint density at radius 3 is 2.60 bits per heavy atom. The Morgan fingerprint density at radius 1 is 1.07 bits per heavy atom. The summed E-state index contributed by atoms with van der Waals surface area (Å²) in [4.78, 5) is 26.8. The van der Waals surface area contributed by atoms with Gasteiger partial charge in [-0.25, -0.2) is 9.48 Å². The van der Waals surface area contributed by atoms with Gasteiger partial charge in [0, 0.05) is 43.6 Å². The first-order chi connectivity index (χ1) is 19.2. The van der Waals surface area contributed by atoms with Crippen molar-refractivity contribution >= 4 is 11.8 Å². The number of rotatable bonds is 8. The van der Waals surface area contributed by atoms with E-state index in [9.17, 15) is 4.79 Å². The van der Waals surface area contributed by atoms with Crippen LogP contribution in [0.3, 0.4) is 0 Å². The first kappa shape index (κ1) is 26.8. The van der Waals surface area contributed by atoms with Gasteiger partial charge in [-0.3, -0.25) is 9.97 Å². The number of nitrogens with zero attached hydrogens (tertiary/aromatic N) is 6. The van der Waals surface area contributed by atoms with Crippen molar-refractivity contribution in [1.82, 2.24) is 24.6 Å². The van der Waals surface area contributed by atoms with Crippen LogP contribution < -0.4 is 4.90 Å². The Labute approximate surface area is 237 Å². The minimum absolute atomic E-state index is 0.123. The van der Waals surface area contributed by atoms with E-state index in [1.807, 2.05) is 55.1 Å². The number of hydrogen-bond donors (Lipinski definition) is 0. The van der Waals surface area contributed by atoms with Crippen molar-refractivity contribution in [3.8, 4) is 5.69 Å². The average molecular weight is 543 g/mol. The molecule has 2 atom stereocenters. The van der Waals surface area contributed by atoms with E-state index in [0.29, 0.717) is 11.8 Å². The molecule has 40 heavy (non-hydrogen) atoms. The minimum Gasteiger partial charge on any atom is -0.444 e. The van der Waals surface area contributed by atoms with Crippen LogP contribution in [0.4, 0.5) is 10.5 Å². The highest BCUT2D eigenvalue weighted by Crippen LogP contribution is 2.40. The lowest BCUT2D eigenvalue weighted by molar-refractivity contribution is 0.0134. The molecule has 3 aliphatic rings. The van der Waals surface area contributed by atoms with Gasteiger partial charge in [0.15, 0.2) is 0 Å². The fourth-order valence-electron chi connectivity index (χ4n) is 5.64. The quantitative estimate of drug-likeness (QED) is 0.332. The number of hydrogen-bond acceptors (Lipinski definition) is 6. The summed E-state index contributed by atoms with van der Waals surface area (Å²) in [5.41, 5.74) is 5.08. The zero-order valence-corrected chi connectivity index (χ0v) is 24.3. The summed E-state index contributed by atoms with van der Waals surface area (Å²) in [6.45, 7) is 10.6. The van der Waals surface area contributed by atoms with Crippen molar-refractivity contribution in [3.05, 3.63) is 66.0 Å². The number of piperidine rings is 1. The van der Waals surface area contributed by atoms with E-state index in [2.05, 4.69) is 46.3 Å². The Bertz CT molecular complexity index is 1320. The van der Waals surface area contributed by atoms with Crippen LogP contribution in [-0.2, 0) is 4.74 Å². The molecule has 0 N–H and O–H groups in total. The van der Waals surface area contributed by atoms with Crippen LogP contribution in [0, 0.1) is 5.92 Å². The molecule has 2 saturated carbocycles. The maximum absolute atomic E-state index is 13.1. The Balaban J connectivity index is 1.12. The molecule has 1 amide bonds. The summed E-state index contributed by atoms with van der Waals surface area (Å²) in [5.74, 6) is 1.41. The van der Waals surface area contributed by atoms with Gasteiger partial charge in [0.1, 0.15) is 5.60 Å². The van der Waals surface area contributed by atoms with E-state index >= 15 is 0 Å².